The van der Waals surface area contributed by atoms with Crippen LogP contribution in [0.5, 0.6) is 11.5 Å². The second-order valence-electron chi connectivity index (χ2n) is 5.16. The number of carbonyl (C=O) groups excluding carboxylic acids is 1. The summed E-state index contributed by atoms with van der Waals surface area (Å²) in [4.78, 5) is 12.0. The summed E-state index contributed by atoms with van der Waals surface area (Å²) < 4.78 is 11.2. The van der Waals surface area contributed by atoms with Crippen molar-refractivity contribution < 1.29 is 14.3 Å². The summed E-state index contributed by atoms with van der Waals surface area (Å²) in [7, 11) is 0. The molecule has 0 radical (unpaired) electrons. The van der Waals surface area contributed by atoms with Crippen molar-refractivity contribution in [2.24, 2.45) is 0 Å². The van der Waals surface area contributed by atoms with Crippen LogP contribution in [0.15, 0.2) is 54.6 Å². The number of rotatable bonds is 9. The van der Waals surface area contributed by atoms with E-state index in [1.807, 2.05) is 61.5 Å². The summed E-state index contributed by atoms with van der Waals surface area (Å²) in [5, 5.41) is 2.90. The highest BCUT2D eigenvalue weighted by Crippen LogP contribution is 2.24. The molecule has 122 valence electrons. The maximum Gasteiger partial charge on any atom is 0.224 e. The van der Waals surface area contributed by atoms with Crippen LogP contribution in [0.4, 0.5) is 5.69 Å². The number of carbonyl (C=O) groups is 1. The Kier molecular flexibility index (Phi) is 6.98. The molecule has 0 bridgehead atoms. The van der Waals surface area contributed by atoms with E-state index < -0.39 is 0 Å². The molecule has 0 unspecified atom stereocenters. The van der Waals surface area contributed by atoms with Crippen molar-refractivity contribution in [3.05, 3.63) is 54.6 Å². The van der Waals surface area contributed by atoms with Gasteiger partial charge in [-0.3, -0.25) is 4.79 Å². The van der Waals surface area contributed by atoms with Gasteiger partial charge in [-0.2, -0.15) is 0 Å². The predicted molar refractivity (Wildman–Crippen MR) is 92.0 cm³/mol. The van der Waals surface area contributed by atoms with E-state index in [0.717, 1.165) is 17.9 Å². The van der Waals surface area contributed by atoms with Gasteiger partial charge in [0.15, 0.2) is 0 Å². The van der Waals surface area contributed by atoms with Crippen LogP contribution >= 0.6 is 0 Å². The Morgan fingerprint density at radius 3 is 2.48 bits per heavy atom. The van der Waals surface area contributed by atoms with E-state index in [0.29, 0.717) is 31.8 Å². The minimum absolute atomic E-state index is 0.0331. The lowest BCUT2D eigenvalue weighted by Gasteiger charge is -2.12. The van der Waals surface area contributed by atoms with Gasteiger partial charge >= 0.3 is 0 Å². The number of benzene rings is 2. The number of nitrogens with one attached hydrogen (secondary N) is 1. The highest BCUT2D eigenvalue weighted by atomic mass is 16.5. The highest BCUT2D eigenvalue weighted by molar-refractivity contribution is 5.92. The van der Waals surface area contributed by atoms with Gasteiger partial charge in [0.1, 0.15) is 11.5 Å². The first-order valence-corrected chi connectivity index (χ1v) is 7.99. The monoisotopic (exact) mass is 313 g/mol. The van der Waals surface area contributed by atoms with Crippen LogP contribution in [0.2, 0.25) is 0 Å². The van der Waals surface area contributed by atoms with Gasteiger partial charge in [-0.05, 0) is 37.1 Å². The lowest BCUT2D eigenvalue weighted by molar-refractivity contribution is -0.116. The van der Waals surface area contributed by atoms with E-state index in [1.54, 1.807) is 0 Å². The first kappa shape index (κ1) is 16.9. The zero-order valence-electron chi connectivity index (χ0n) is 13.5. The van der Waals surface area contributed by atoms with Gasteiger partial charge in [-0.15, -0.1) is 0 Å². The minimum atomic E-state index is -0.0331. The van der Waals surface area contributed by atoms with Crippen LogP contribution in [0.25, 0.3) is 0 Å². The molecule has 4 heteroatoms. The summed E-state index contributed by atoms with van der Waals surface area (Å²) in [5.74, 6) is 1.50. The molecular formula is C19H23NO3. The molecule has 0 heterocycles. The van der Waals surface area contributed by atoms with E-state index in [1.165, 1.54) is 0 Å². The maximum atomic E-state index is 12.0. The molecule has 1 amide bonds. The Balaban J connectivity index is 1.74. The van der Waals surface area contributed by atoms with Crippen molar-refractivity contribution >= 4 is 11.6 Å². The topological polar surface area (TPSA) is 47.6 Å². The van der Waals surface area contributed by atoms with E-state index >= 15 is 0 Å². The third-order valence-corrected chi connectivity index (χ3v) is 3.18. The number of hydrogen-bond acceptors (Lipinski definition) is 3. The molecule has 2 aromatic rings. The first-order chi connectivity index (χ1) is 11.3. The van der Waals surface area contributed by atoms with Crippen molar-refractivity contribution in [2.45, 2.75) is 26.2 Å². The van der Waals surface area contributed by atoms with E-state index in [-0.39, 0.29) is 5.91 Å². The van der Waals surface area contributed by atoms with Crippen LogP contribution in [0.1, 0.15) is 26.2 Å². The zero-order valence-corrected chi connectivity index (χ0v) is 13.5. The molecule has 0 aliphatic heterocycles. The van der Waals surface area contributed by atoms with Crippen LogP contribution in [-0.2, 0) is 4.79 Å². The molecule has 0 aliphatic rings. The molecule has 0 aliphatic carbocycles. The van der Waals surface area contributed by atoms with Gasteiger partial charge in [0.05, 0.1) is 18.9 Å². The van der Waals surface area contributed by atoms with Crippen molar-refractivity contribution in [2.75, 3.05) is 18.5 Å². The quantitative estimate of drug-likeness (QED) is 0.703. The second kappa shape index (κ2) is 9.51. The van der Waals surface area contributed by atoms with Crippen molar-refractivity contribution in [1.82, 2.24) is 0 Å². The largest absolute Gasteiger partial charge is 0.494 e. The Morgan fingerprint density at radius 2 is 1.70 bits per heavy atom. The van der Waals surface area contributed by atoms with Crippen molar-refractivity contribution in [3.8, 4) is 11.5 Å². The summed E-state index contributed by atoms with van der Waals surface area (Å²) in [6, 6.07) is 17.1. The second-order valence-corrected chi connectivity index (χ2v) is 5.16. The fourth-order valence-electron chi connectivity index (χ4n) is 2.06. The van der Waals surface area contributed by atoms with Crippen LogP contribution in [0.3, 0.4) is 0 Å². The van der Waals surface area contributed by atoms with Crippen molar-refractivity contribution in [3.63, 3.8) is 0 Å². The van der Waals surface area contributed by atoms with E-state index in [9.17, 15) is 4.79 Å². The molecule has 0 aromatic heterocycles. The minimum Gasteiger partial charge on any atom is -0.494 e. The zero-order chi connectivity index (χ0) is 16.3. The predicted octanol–water partition coefficient (Wildman–Crippen LogP) is 4.27. The van der Waals surface area contributed by atoms with Crippen LogP contribution in [0, 0.1) is 0 Å². The standard InChI is InChI=1S/C19H23NO3/c1-2-14-23-18-12-7-6-11-17(18)20-19(21)13-8-15-22-16-9-4-3-5-10-16/h3-7,9-12H,2,8,13-15H2,1H3,(H,20,21). The molecule has 4 nitrogen and oxygen atoms in total. The third-order valence-electron chi connectivity index (χ3n) is 3.18. The molecule has 23 heavy (non-hydrogen) atoms. The summed E-state index contributed by atoms with van der Waals surface area (Å²) in [5.41, 5.74) is 0.718. The first-order valence-electron chi connectivity index (χ1n) is 7.99. The SMILES string of the molecule is CCCOc1ccccc1NC(=O)CCCOc1ccccc1. The fraction of sp³-hybridized carbons (Fsp3) is 0.316. The average Bonchev–Trinajstić information content (AvgIpc) is 2.59. The summed E-state index contributed by atoms with van der Waals surface area (Å²) in [6.07, 6.45) is 2.01. The fourth-order valence-corrected chi connectivity index (χ4v) is 2.06. The lowest BCUT2D eigenvalue weighted by Crippen LogP contribution is -2.13. The molecule has 0 atom stereocenters. The van der Waals surface area contributed by atoms with Gasteiger partial charge < -0.3 is 14.8 Å². The Morgan fingerprint density at radius 1 is 0.957 bits per heavy atom. The number of anilines is 1. The van der Waals surface area contributed by atoms with Gasteiger partial charge in [0, 0.05) is 6.42 Å². The van der Waals surface area contributed by atoms with Crippen LogP contribution < -0.4 is 14.8 Å². The Labute approximate surface area is 137 Å². The Bertz CT molecular complexity index is 599. The molecule has 0 spiro atoms. The lowest BCUT2D eigenvalue weighted by atomic mass is 10.2. The summed E-state index contributed by atoms with van der Waals surface area (Å²) in [6.45, 7) is 3.21. The molecule has 1 N–H and O–H groups in total. The number of para-hydroxylation sites is 3. The molecular weight excluding hydrogens is 290 g/mol. The van der Waals surface area contributed by atoms with Gasteiger partial charge in [0.25, 0.3) is 0 Å². The van der Waals surface area contributed by atoms with Gasteiger partial charge in [-0.25, -0.2) is 0 Å². The van der Waals surface area contributed by atoms with Crippen molar-refractivity contribution in [1.29, 1.82) is 0 Å². The third kappa shape index (κ3) is 6.02. The highest BCUT2D eigenvalue weighted by Gasteiger charge is 2.07. The average molecular weight is 313 g/mol. The van der Waals surface area contributed by atoms with Gasteiger partial charge in [0.2, 0.25) is 5.91 Å². The van der Waals surface area contributed by atoms with Crippen LogP contribution in [-0.4, -0.2) is 19.1 Å². The molecule has 0 saturated heterocycles. The van der Waals surface area contributed by atoms with E-state index in [2.05, 4.69) is 5.32 Å². The smallest absolute Gasteiger partial charge is 0.224 e. The Hall–Kier alpha value is -2.49. The molecule has 2 aromatic carbocycles. The normalized spacial score (nSPS) is 10.1. The summed E-state index contributed by atoms with van der Waals surface area (Å²) >= 11 is 0. The maximum absolute atomic E-state index is 12.0. The number of ether oxygens (including phenoxy) is 2. The number of hydrogen-bond donors (Lipinski definition) is 1. The van der Waals surface area contributed by atoms with Gasteiger partial charge in [-0.1, -0.05) is 37.3 Å². The molecule has 2 rings (SSSR count). The molecule has 0 saturated carbocycles. The molecule has 0 fully saturated rings. The number of amides is 1. The van der Waals surface area contributed by atoms with E-state index in [4.69, 9.17) is 9.47 Å².